The molecule has 1 aromatic heterocycles. The number of ether oxygens (including phenoxy) is 1. The summed E-state index contributed by atoms with van der Waals surface area (Å²) < 4.78 is 6.94. The van der Waals surface area contributed by atoms with Crippen LogP contribution < -0.4 is 0 Å². The molecule has 1 aliphatic rings. The molecule has 0 unspecified atom stereocenters. The molecule has 1 aromatic carbocycles. The molecular weight excluding hydrogens is 450 g/mol. The molecule has 184 valence electrons. The minimum absolute atomic E-state index is 0.114. The van der Waals surface area contributed by atoms with Crippen molar-refractivity contribution in [2.24, 2.45) is 17.8 Å². The molecule has 0 bridgehead atoms. The molecule has 0 aliphatic carbocycles. The number of carbonyl (C=O) groups is 2. The van der Waals surface area contributed by atoms with Gasteiger partial charge in [-0.1, -0.05) is 50.6 Å². The van der Waals surface area contributed by atoms with E-state index in [4.69, 9.17) is 4.74 Å². The predicted octanol–water partition coefficient (Wildman–Crippen LogP) is 5.07. The molecule has 6 nitrogen and oxygen atoms in total. The molecule has 0 spiro atoms. The van der Waals surface area contributed by atoms with Crippen LogP contribution in [0.5, 0.6) is 0 Å². The number of thiazole rings is 1. The number of allylic oxidation sites excluding steroid dienone is 3. The van der Waals surface area contributed by atoms with Crippen molar-refractivity contribution in [1.29, 1.82) is 0 Å². The minimum atomic E-state index is -1.16. The van der Waals surface area contributed by atoms with E-state index < -0.39 is 30.2 Å². The van der Waals surface area contributed by atoms with E-state index in [0.29, 0.717) is 6.42 Å². The van der Waals surface area contributed by atoms with Crippen molar-refractivity contribution in [2.75, 3.05) is 0 Å². The first-order valence-electron chi connectivity index (χ1n) is 11.9. The smallest absolute Gasteiger partial charge is 0.309 e. The summed E-state index contributed by atoms with van der Waals surface area (Å²) in [6, 6.07) is 5.90. The zero-order valence-electron chi connectivity index (χ0n) is 20.5. The average Bonchev–Trinajstić information content (AvgIpc) is 3.14. The van der Waals surface area contributed by atoms with Gasteiger partial charge in [0.15, 0.2) is 0 Å². The van der Waals surface area contributed by atoms with E-state index >= 15 is 0 Å². The first-order valence-corrected chi connectivity index (χ1v) is 12.7. The molecule has 0 amide bonds. The number of benzene rings is 1. The van der Waals surface area contributed by atoms with E-state index in [-0.39, 0.29) is 30.5 Å². The lowest BCUT2D eigenvalue weighted by atomic mass is 9.86. The molecule has 2 aromatic rings. The highest BCUT2D eigenvalue weighted by Crippen LogP contribution is 2.33. The molecule has 1 aliphatic heterocycles. The third-order valence-electron chi connectivity index (χ3n) is 6.44. The van der Waals surface area contributed by atoms with Crippen molar-refractivity contribution < 1.29 is 24.5 Å². The number of hydrogen-bond donors (Lipinski definition) is 2. The van der Waals surface area contributed by atoms with Crippen LogP contribution in [0.15, 0.2) is 42.0 Å². The molecule has 34 heavy (non-hydrogen) atoms. The lowest BCUT2D eigenvalue weighted by molar-refractivity contribution is -0.153. The van der Waals surface area contributed by atoms with Gasteiger partial charge in [-0.3, -0.25) is 9.59 Å². The Hall–Kier alpha value is -2.35. The Kier molecular flexibility index (Phi) is 8.79. The summed E-state index contributed by atoms with van der Waals surface area (Å²) in [4.78, 5) is 29.9. The third kappa shape index (κ3) is 6.62. The Bertz CT molecular complexity index is 1090. The normalized spacial score (nSPS) is 30.3. The molecule has 7 heteroatoms. The monoisotopic (exact) mass is 485 g/mol. The number of aliphatic hydroxyl groups excluding tert-OH is 2. The maximum absolute atomic E-state index is 12.8. The van der Waals surface area contributed by atoms with Crippen LogP contribution in [0.2, 0.25) is 0 Å². The fourth-order valence-corrected chi connectivity index (χ4v) is 5.24. The van der Waals surface area contributed by atoms with E-state index in [2.05, 4.69) is 11.1 Å². The second kappa shape index (κ2) is 11.4. The fraction of sp³-hybridized carbons (Fsp3) is 0.519. The minimum Gasteiger partial charge on any atom is -0.457 e. The summed E-state index contributed by atoms with van der Waals surface area (Å²) in [6.07, 6.45) is 3.66. The molecule has 6 atom stereocenters. The van der Waals surface area contributed by atoms with E-state index in [1.165, 1.54) is 0 Å². The van der Waals surface area contributed by atoms with Crippen LogP contribution in [0.4, 0.5) is 0 Å². The second-order valence-corrected chi connectivity index (χ2v) is 10.8. The van der Waals surface area contributed by atoms with E-state index in [1.54, 1.807) is 18.3 Å². The molecule has 0 saturated carbocycles. The van der Waals surface area contributed by atoms with Crippen molar-refractivity contribution >= 4 is 33.3 Å². The number of aryl methyl sites for hydroxylation is 1. The number of Topliss-reactive ketones (excluding diaryl/α,β-unsaturated/α-hetero) is 1. The van der Waals surface area contributed by atoms with E-state index in [0.717, 1.165) is 26.4 Å². The van der Waals surface area contributed by atoms with Crippen molar-refractivity contribution in [3.05, 3.63) is 52.6 Å². The summed E-state index contributed by atoms with van der Waals surface area (Å²) in [7, 11) is 0. The summed E-state index contributed by atoms with van der Waals surface area (Å²) in [5.41, 5.74) is 2.71. The summed E-state index contributed by atoms with van der Waals surface area (Å²) in [5.74, 6) is -1.71. The SMILES string of the molecule is CC1=C[C@H](C)[C@@H](c2ccc3sc(C)nc3c2)OC(=O)C[C@H](O)CC(=O)[C@H](C)[C@@H](O)[C@@H](C)CC=C1. The lowest BCUT2D eigenvalue weighted by Gasteiger charge is -2.25. The Morgan fingerprint density at radius 2 is 1.82 bits per heavy atom. The number of cyclic esters (lactones) is 1. The maximum Gasteiger partial charge on any atom is 0.309 e. The van der Waals surface area contributed by atoms with Crippen molar-refractivity contribution in [2.45, 2.75) is 72.2 Å². The van der Waals surface area contributed by atoms with Gasteiger partial charge in [-0.25, -0.2) is 4.98 Å². The van der Waals surface area contributed by atoms with E-state index in [9.17, 15) is 19.8 Å². The first-order chi connectivity index (χ1) is 16.0. The second-order valence-electron chi connectivity index (χ2n) is 9.56. The number of aromatic nitrogens is 1. The number of ketones is 1. The molecular formula is C27H35NO5S. The maximum atomic E-state index is 12.8. The van der Waals surface area contributed by atoms with Crippen LogP contribution in [0.3, 0.4) is 0 Å². The van der Waals surface area contributed by atoms with Crippen molar-refractivity contribution in [1.82, 2.24) is 4.98 Å². The predicted molar refractivity (Wildman–Crippen MR) is 134 cm³/mol. The van der Waals surface area contributed by atoms with Gasteiger partial charge in [-0.2, -0.15) is 0 Å². The first kappa shape index (κ1) is 26.3. The summed E-state index contributed by atoms with van der Waals surface area (Å²) in [6.45, 7) is 9.51. The van der Waals surface area contributed by atoms with Gasteiger partial charge in [-0.05, 0) is 43.9 Å². The van der Waals surface area contributed by atoms with Crippen LogP contribution in [0.25, 0.3) is 10.2 Å². The number of aliphatic hydroxyl groups is 2. The fourth-order valence-electron chi connectivity index (χ4n) is 4.44. The van der Waals surface area contributed by atoms with Gasteiger partial charge in [-0.15, -0.1) is 11.3 Å². The van der Waals surface area contributed by atoms with Crippen LogP contribution in [0.1, 0.15) is 63.6 Å². The Morgan fingerprint density at radius 3 is 2.56 bits per heavy atom. The van der Waals surface area contributed by atoms with Gasteiger partial charge in [0.2, 0.25) is 0 Å². The van der Waals surface area contributed by atoms with Crippen LogP contribution >= 0.6 is 11.3 Å². The number of hydrogen-bond acceptors (Lipinski definition) is 7. The molecule has 2 N–H and O–H groups in total. The topological polar surface area (TPSA) is 96.7 Å². The highest BCUT2D eigenvalue weighted by molar-refractivity contribution is 7.18. The number of fused-ring (bicyclic) bond motifs is 1. The Balaban J connectivity index is 1.94. The van der Waals surface area contributed by atoms with Crippen molar-refractivity contribution in [3.8, 4) is 0 Å². The van der Waals surface area contributed by atoms with E-state index in [1.807, 2.05) is 58.0 Å². The highest BCUT2D eigenvalue weighted by atomic mass is 32.1. The number of rotatable bonds is 1. The van der Waals surface area contributed by atoms with Gasteiger partial charge >= 0.3 is 5.97 Å². The van der Waals surface area contributed by atoms with Gasteiger partial charge in [0.1, 0.15) is 11.9 Å². The standard InChI is InChI=1S/C27H35NO5S/c1-15-7-6-8-16(2)26(32)18(4)23(30)13-21(29)14-25(31)33-27(17(3)11-15)20-9-10-24-22(12-20)28-19(5)34-24/h6-7,9-12,16-18,21,26-27,29,32H,8,13-14H2,1-5H3/t16-,17-,18-,21+,26-,27-/m0/s1. The largest absolute Gasteiger partial charge is 0.457 e. The zero-order valence-corrected chi connectivity index (χ0v) is 21.3. The Morgan fingerprint density at radius 1 is 1.09 bits per heavy atom. The molecule has 0 radical (unpaired) electrons. The van der Waals surface area contributed by atoms with Gasteiger partial charge in [0.05, 0.1) is 33.9 Å². The molecule has 2 heterocycles. The number of nitrogens with zero attached hydrogens (tertiary/aromatic N) is 1. The number of carbonyl (C=O) groups excluding carboxylic acids is 2. The third-order valence-corrected chi connectivity index (χ3v) is 7.39. The van der Waals surface area contributed by atoms with Crippen LogP contribution in [-0.2, 0) is 14.3 Å². The number of esters is 1. The lowest BCUT2D eigenvalue weighted by Crippen LogP contribution is -2.33. The van der Waals surface area contributed by atoms with Gasteiger partial charge in [0.25, 0.3) is 0 Å². The Labute approximate surface area is 205 Å². The highest BCUT2D eigenvalue weighted by Gasteiger charge is 2.30. The summed E-state index contributed by atoms with van der Waals surface area (Å²) in [5, 5.41) is 21.9. The van der Waals surface area contributed by atoms with Crippen LogP contribution in [0, 0.1) is 24.7 Å². The molecule has 0 fully saturated rings. The molecule has 3 rings (SSSR count). The average molecular weight is 486 g/mol. The quantitative estimate of drug-likeness (QED) is 0.547. The van der Waals surface area contributed by atoms with Gasteiger partial charge in [0, 0.05) is 18.3 Å². The van der Waals surface area contributed by atoms with Crippen LogP contribution in [-0.4, -0.2) is 39.2 Å². The van der Waals surface area contributed by atoms with Crippen molar-refractivity contribution in [3.63, 3.8) is 0 Å². The molecule has 0 saturated heterocycles. The zero-order chi connectivity index (χ0) is 25.0. The summed E-state index contributed by atoms with van der Waals surface area (Å²) >= 11 is 1.61. The van der Waals surface area contributed by atoms with Gasteiger partial charge < -0.3 is 14.9 Å².